The highest BCUT2D eigenvalue weighted by Crippen LogP contribution is 2.21. The van der Waals surface area contributed by atoms with Crippen LogP contribution >= 0.6 is 22.6 Å². The molecule has 1 heterocycles. The van der Waals surface area contributed by atoms with Crippen LogP contribution in [0.25, 0.3) is 0 Å². The number of benzene rings is 1. The molecule has 0 atom stereocenters. The van der Waals surface area contributed by atoms with Gasteiger partial charge < -0.3 is 4.90 Å². The summed E-state index contributed by atoms with van der Waals surface area (Å²) in [6, 6.07) is 8.69. The van der Waals surface area contributed by atoms with Crippen molar-refractivity contribution in [2.24, 2.45) is 4.99 Å². The van der Waals surface area contributed by atoms with Gasteiger partial charge in [0, 0.05) is 15.8 Å². The van der Waals surface area contributed by atoms with Gasteiger partial charge in [0.25, 0.3) is 0 Å². The van der Waals surface area contributed by atoms with Crippen LogP contribution in [0.5, 0.6) is 0 Å². The van der Waals surface area contributed by atoms with Crippen molar-refractivity contribution >= 4 is 28.9 Å². The molecule has 2 nitrogen and oxygen atoms in total. The van der Waals surface area contributed by atoms with Crippen LogP contribution in [0.3, 0.4) is 0 Å². The van der Waals surface area contributed by atoms with Gasteiger partial charge in [0.05, 0.1) is 11.9 Å². The van der Waals surface area contributed by atoms with Gasteiger partial charge in [-0.15, -0.1) is 0 Å². The van der Waals surface area contributed by atoms with Crippen LogP contribution in [0.1, 0.15) is 52.0 Å². The minimum Gasteiger partial charge on any atom is -0.337 e. The lowest BCUT2D eigenvalue weighted by atomic mass is 10.0. The quantitative estimate of drug-likeness (QED) is 0.360. The predicted molar refractivity (Wildman–Crippen MR) is 104 cm³/mol. The topological polar surface area (TPSA) is 15.6 Å². The zero-order chi connectivity index (χ0) is 16.0. The second-order valence-electron chi connectivity index (χ2n) is 6.89. The summed E-state index contributed by atoms with van der Waals surface area (Å²) in [7, 11) is 0. The minimum atomic E-state index is 0.00269. The van der Waals surface area contributed by atoms with Crippen molar-refractivity contribution in [1.29, 1.82) is 0 Å². The van der Waals surface area contributed by atoms with Crippen LogP contribution in [0.15, 0.2) is 41.0 Å². The molecule has 0 bridgehead atoms. The highest BCUT2D eigenvalue weighted by Gasteiger charge is 2.13. The normalized spacial score (nSPS) is 16.2. The Bertz CT molecular complexity index is 541. The first-order valence-corrected chi connectivity index (χ1v) is 9.28. The molecule has 0 unspecified atom stereocenters. The van der Waals surface area contributed by atoms with E-state index in [0.717, 1.165) is 19.4 Å². The summed E-state index contributed by atoms with van der Waals surface area (Å²) < 4.78 is 1.38. The SMILES string of the molecule is CC(C)(C)N=CN1CCCC=C1CCCc1ccccc1I. The smallest absolute Gasteiger partial charge is 0.0898 e. The van der Waals surface area contributed by atoms with Crippen molar-refractivity contribution < 1.29 is 0 Å². The number of aryl methyl sites for hydroxylation is 1. The van der Waals surface area contributed by atoms with E-state index in [4.69, 9.17) is 0 Å². The van der Waals surface area contributed by atoms with Gasteiger partial charge in [0.2, 0.25) is 0 Å². The molecule has 22 heavy (non-hydrogen) atoms. The zero-order valence-corrected chi connectivity index (χ0v) is 16.1. The minimum absolute atomic E-state index is 0.00269. The van der Waals surface area contributed by atoms with Gasteiger partial charge in [-0.1, -0.05) is 24.3 Å². The van der Waals surface area contributed by atoms with Gasteiger partial charge in [-0.3, -0.25) is 4.99 Å². The van der Waals surface area contributed by atoms with Crippen LogP contribution in [-0.2, 0) is 6.42 Å². The number of aliphatic imine (C=N–C) groups is 1. The van der Waals surface area contributed by atoms with Crippen molar-refractivity contribution in [3.63, 3.8) is 0 Å². The van der Waals surface area contributed by atoms with Gasteiger partial charge in [0.15, 0.2) is 0 Å². The molecular formula is C19H27IN2. The molecule has 0 aliphatic carbocycles. The summed E-state index contributed by atoms with van der Waals surface area (Å²) in [5.74, 6) is 0. The van der Waals surface area contributed by atoms with Crippen LogP contribution in [0, 0.1) is 3.57 Å². The summed E-state index contributed by atoms with van der Waals surface area (Å²) >= 11 is 2.43. The van der Waals surface area contributed by atoms with Crippen molar-refractivity contribution in [2.75, 3.05) is 6.54 Å². The maximum absolute atomic E-state index is 4.67. The molecule has 0 spiro atoms. The lowest BCUT2D eigenvalue weighted by Gasteiger charge is -2.28. The summed E-state index contributed by atoms with van der Waals surface area (Å²) in [5.41, 5.74) is 2.92. The predicted octanol–water partition coefficient (Wildman–Crippen LogP) is 5.42. The molecule has 1 aliphatic heterocycles. The van der Waals surface area contributed by atoms with Gasteiger partial charge >= 0.3 is 0 Å². The Kier molecular flexibility index (Phi) is 6.48. The van der Waals surface area contributed by atoms with Crippen LogP contribution in [-0.4, -0.2) is 23.3 Å². The molecule has 2 rings (SSSR count). The van der Waals surface area contributed by atoms with Gasteiger partial charge in [-0.2, -0.15) is 0 Å². The molecule has 1 aromatic rings. The fraction of sp³-hybridized carbons (Fsp3) is 0.526. The van der Waals surface area contributed by atoms with Crippen LogP contribution in [0.2, 0.25) is 0 Å². The monoisotopic (exact) mass is 410 g/mol. The molecule has 0 N–H and O–H groups in total. The molecule has 0 saturated heterocycles. The Morgan fingerprint density at radius 1 is 1.23 bits per heavy atom. The zero-order valence-electron chi connectivity index (χ0n) is 14.0. The summed E-state index contributed by atoms with van der Waals surface area (Å²) in [6.45, 7) is 7.55. The third-order valence-corrected chi connectivity index (χ3v) is 4.83. The van der Waals surface area contributed by atoms with E-state index in [1.807, 2.05) is 0 Å². The van der Waals surface area contributed by atoms with Gasteiger partial charge in [0.1, 0.15) is 0 Å². The average molecular weight is 410 g/mol. The van der Waals surface area contributed by atoms with E-state index < -0.39 is 0 Å². The third-order valence-electron chi connectivity index (χ3n) is 3.77. The van der Waals surface area contributed by atoms with Crippen LogP contribution in [0.4, 0.5) is 0 Å². The van der Waals surface area contributed by atoms with Gasteiger partial charge in [-0.25, -0.2) is 0 Å². The third kappa shape index (κ3) is 5.75. The molecule has 1 aromatic carbocycles. The van der Waals surface area contributed by atoms with E-state index >= 15 is 0 Å². The fourth-order valence-corrected chi connectivity index (χ4v) is 3.23. The molecule has 120 valence electrons. The molecule has 0 fully saturated rings. The highest BCUT2D eigenvalue weighted by atomic mass is 127. The standard InChI is InChI=1S/C19H27IN2/c1-19(2,3)21-15-22-14-7-6-11-17(22)12-8-10-16-9-4-5-13-18(16)20/h4-5,9,11,13,15H,6-8,10,12,14H2,1-3H3. The van der Waals surface area contributed by atoms with E-state index in [2.05, 4.69) is 89.9 Å². The van der Waals surface area contributed by atoms with E-state index in [9.17, 15) is 0 Å². The highest BCUT2D eigenvalue weighted by molar-refractivity contribution is 14.1. The second kappa shape index (κ2) is 8.14. The first kappa shape index (κ1) is 17.5. The number of allylic oxidation sites excluding steroid dienone is 2. The number of hydrogen-bond donors (Lipinski definition) is 0. The average Bonchev–Trinajstić information content (AvgIpc) is 2.47. The van der Waals surface area contributed by atoms with Crippen molar-refractivity contribution in [3.05, 3.63) is 45.2 Å². The number of nitrogens with zero attached hydrogens (tertiary/aromatic N) is 2. The summed E-state index contributed by atoms with van der Waals surface area (Å²) in [6.07, 6.45) is 10.4. The maximum Gasteiger partial charge on any atom is 0.0898 e. The fourth-order valence-electron chi connectivity index (χ4n) is 2.57. The van der Waals surface area contributed by atoms with E-state index in [1.54, 1.807) is 0 Å². The first-order valence-electron chi connectivity index (χ1n) is 8.20. The van der Waals surface area contributed by atoms with E-state index in [1.165, 1.54) is 34.1 Å². The lowest BCUT2D eigenvalue weighted by molar-refractivity contribution is 0.447. The van der Waals surface area contributed by atoms with Crippen LogP contribution < -0.4 is 0 Å². The van der Waals surface area contributed by atoms with Crippen molar-refractivity contribution in [1.82, 2.24) is 4.90 Å². The maximum atomic E-state index is 4.67. The van der Waals surface area contributed by atoms with Gasteiger partial charge in [-0.05, 0) is 87.1 Å². The lowest BCUT2D eigenvalue weighted by Crippen LogP contribution is -2.27. The molecule has 0 radical (unpaired) electrons. The van der Waals surface area contributed by atoms with E-state index in [0.29, 0.717) is 0 Å². The second-order valence-corrected chi connectivity index (χ2v) is 8.05. The summed E-state index contributed by atoms with van der Waals surface area (Å²) in [4.78, 5) is 7.02. The Balaban J connectivity index is 1.91. The van der Waals surface area contributed by atoms with Crippen molar-refractivity contribution in [2.45, 2.75) is 58.4 Å². The molecular weight excluding hydrogens is 383 g/mol. The Morgan fingerprint density at radius 3 is 2.73 bits per heavy atom. The largest absolute Gasteiger partial charge is 0.337 e. The molecule has 0 aromatic heterocycles. The molecule has 0 amide bonds. The van der Waals surface area contributed by atoms with E-state index in [-0.39, 0.29) is 5.54 Å². The number of rotatable bonds is 5. The summed E-state index contributed by atoms with van der Waals surface area (Å²) in [5, 5.41) is 0. The Hall–Kier alpha value is -0.840. The Labute approximate surface area is 148 Å². The first-order chi connectivity index (χ1) is 10.5. The number of halogens is 1. The molecule has 3 heteroatoms. The van der Waals surface area contributed by atoms with Crippen molar-refractivity contribution in [3.8, 4) is 0 Å². The molecule has 0 saturated carbocycles. The Morgan fingerprint density at radius 2 is 2.00 bits per heavy atom. The molecule has 1 aliphatic rings. The number of hydrogen-bond acceptors (Lipinski definition) is 1.